The van der Waals surface area contributed by atoms with Gasteiger partial charge < -0.3 is 14.5 Å². The lowest BCUT2D eigenvalue weighted by Gasteiger charge is -2.34. The van der Waals surface area contributed by atoms with E-state index in [1.54, 1.807) is 11.3 Å². The molecule has 27 heavy (non-hydrogen) atoms. The molecule has 0 bridgehead atoms. The monoisotopic (exact) mass is 385 g/mol. The smallest absolute Gasteiger partial charge is 0.163 e. The number of nitrogens with zero attached hydrogens (tertiary/aromatic N) is 2. The summed E-state index contributed by atoms with van der Waals surface area (Å²) in [4.78, 5) is 7.16. The van der Waals surface area contributed by atoms with Gasteiger partial charge in [0.05, 0.1) is 29.5 Å². The first-order valence-corrected chi connectivity index (χ1v) is 10.5. The van der Waals surface area contributed by atoms with Crippen LogP contribution in [0.15, 0.2) is 40.8 Å². The molecule has 1 aliphatic heterocycles. The number of ether oxygens (including phenoxy) is 1. The van der Waals surface area contributed by atoms with Crippen molar-refractivity contribution in [1.82, 2.24) is 15.2 Å². The van der Waals surface area contributed by atoms with Crippen LogP contribution in [0.25, 0.3) is 21.0 Å². The zero-order valence-corrected chi connectivity index (χ0v) is 16.8. The van der Waals surface area contributed by atoms with Crippen molar-refractivity contribution in [3.8, 4) is 10.8 Å². The lowest BCUT2D eigenvalue weighted by molar-refractivity contribution is -0.0304. The summed E-state index contributed by atoms with van der Waals surface area (Å²) >= 11 is 1.66. The number of hydrogen-bond donors (Lipinski definition) is 1. The van der Waals surface area contributed by atoms with Crippen LogP contribution in [0.2, 0.25) is 0 Å². The molecule has 5 nitrogen and oxygen atoms in total. The van der Waals surface area contributed by atoms with Crippen molar-refractivity contribution in [2.24, 2.45) is 5.92 Å². The molecule has 3 heterocycles. The van der Waals surface area contributed by atoms with E-state index in [0.29, 0.717) is 12.5 Å². The maximum atomic E-state index is 6.00. The van der Waals surface area contributed by atoms with Crippen LogP contribution < -0.4 is 5.32 Å². The van der Waals surface area contributed by atoms with E-state index in [2.05, 4.69) is 35.1 Å². The van der Waals surface area contributed by atoms with Crippen LogP contribution in [-0.2, 0) is 11.3 Å². The Morgan fingerprint density at radius 2 is 2.15 bits per heavy atom. The lowest BCUT2D eigenvalue weighted by atomic mass is 10.2. The van der Waals surface area contributed by atoms with Gasteiger partial charge in [0, 0.05) is 26.2 Å². The van der Waals surface area contributed by atoms with Crippen molar-refractivity contribution in [3.05, 3.63) is 42.2 Å². The van der Waals surface area contributed by atoms with Crippen molar-refractivity contribution >= 4 is 21.6 Å². The number of morpholine rings is 1. The topological polar surface area (TPSA) is 50.5 Å². The average Bonchev–Trinajstić information content (AvgIpc) is 3.28. The highest BCUT2D eigenvalue weighted by Gasteiger charge is 2.20. The summed E-state index contributed by atoms with van der Waals surface area (Å²) in [5.74, 6) is 2.46. The van der Waals surface area contributed by atoms with Gasteiger partial charge in [-0.05, 0) is 30.2 Å². The van der Waals surface area contributed by atoms with E-state index in [1.165, 1.54) is 4.70 Å². The van der Waals surface area contributed by atoms with Crippen molar-refractivity contribution in [2.45, 2.75) is 26.5 Å². The van der Waals surface area contributed by atoms with E-state index in [-0.39, 0.29) is 6.10 Å². The number of thiazole rings is 1. The molecule has 0 amide bonds. The van der Waals surface area contributed by atoms with Gasteiger partial charge in [-0.25, -0.2) is 4.98 Å². The second-order valence-electron chi connectivity index (χ2n) is 7.53. The molecule has 0 radical (unpaired) electrons. The molecule has 1 N–H and O–H groups in total. The summed E-state index contributed by atoms with van der Waals surface area (Å²) in [5, 5.41) is 4.41. The van der Waals surface area contributed by atoms with Crippen molar-refractivity contribution < 1.29 is 9.15 Å². The van der Waals surface area contributed by atoms with Crippen molar-refractivity contribution in [3.63, 3.8) is 0 Å². The van der Waals surface area contributed by atoms with Crippen LogP contribution in [0.4, 0.5) is 0 Å². The normalized spacial score (nSPS) is 18.6. The molecule has 1 aliphatic rings. The lowest BCUT2D eigenvalue weighted by Crippen LogP contribution is -2.47. The van der Waals surface area contributed by atoms with Gasteiger partial charge in [-0.3, -0.25) is 4.90 Å². The molecule has 4 rings (SSSR count). The van der Waals surface area contributed by atoms with Gasteiger partial charge in [0.1, 0.15) is 5.76 Å². The van der Waals surface area contributed by atoms with Crippen LogP contribution in [-0.4, -0.2) is 48.8 Å². The first-order valence-electron chi connectivity index (χ1n) is 9.66. The molecule has 0 spiro atoms. The summed E-state index contributed by atoms with van der Waals surface area (Å²) in [5.41, 5.74) is 1.02. The second kappa shape index (κ2) is 8.52. The summed E-state index contributed by atoms with van der Waals surface area (Å²) in [6, 6.07) is 12.2. The summed E-state index contributed by atoms with van der Waals surface area (Å²) in [6.07, 6.45) is 0.246. The van der Waals surface area contributed by atoms with E-state index in [0.717, 1.165) is 54.8 Å². The molecule has 1 saturated heterocycles. The van der Waals surface area contributed by atoms with E-state index in [9.17, 15) is 0 Å². The standard InChI is InChI=1S/C21H27N3O2S/c1-15(2)13-24-9-10-25-17(14-24)12-22-11-16-7-8-19(26-16)21-23-18-5-3-4-6-20(18)27-21/h3-8,15,17,22H,9-14H2,1-2H3/t17-/m0/s1. The number of rotatable bonds is 7. The fourth-order valence-corrected chi connectivity index (χ4v) is 4.44. The molecule has 1 fully saturated rings. The Bertz CT molecular complexity index is 840. The molecule has 0 saturated carbocycles. The number of para-hydroxylation sites is 1. The van der Waals surface area contributed by atoms with E-state index < -0.39 is 0 Å². The highest BCUT2D eigenvalue weighted by molar-refractivity contribution is 7.21. The summed E-state index contributed by atoms with van der Waals surface area (Å²) in [7, 11) is 0. The Labute approximate surface area is 164 Å². The Morgan fingerprint density at radius 1 is 1.26 bits per heavy atom. The molecule has 1 aromatic carbocycles. The van der Waals surface area contributed by atoms with Gasteiger partial charge >= 0.3 is 0 Å². The van der Waals surface area contributed by atoms with Gasteiger partial charge in [-0.15, -0.1) is 11.3 Å². The van der Waals surface area contributed by atoms with E-state index in [1.807, 2.05) is 30.3 Å². The van der Waals surface area contributed by atoms with Gasteiger partial charge in [0.15, 0.2) is 10.8 Å². The number of fused-ring (bicyclic) bond motifs is 1. The van der Waals surface area contributed by atoms with Crippen LogP contribution in [0.1, 0.15) is 19.6 Å². The molecular weight excluding hydrogens is 358 g/mol. The SMILES string of the molecule is CC(C)CN1CCO[C@@H](CNCc2ccc(-c3nc4ccccc4s3)o2)C1. The fraction of sp³-hybridized carbons (Fsp3) is 0.476. The van der Waals surface area contributed by atoms with Crippen LogP contribution >= 0.6 is 11.3 Å². The molecule has 0 aliphatic carbocycles. The molecule has 3 aromatic rings. The zero-order chi connectivity index (χ0) is 18.6. The van der Waals surface area contributed by atoms with E-state index >= 15 is 0 Å². The van der Waals surface area contributed by atoms with Crippen molar-refractivity contribution in [2.75, 3.05) is 32.8 Å². The molecule has 2 aromatic heterocycles. The average molecular weight is 386 g/mol. The number of benzene rings is 1. The largest absolute Gasteiger partial charge is 0.457 e. The minimum Gasteiger partial charge on any atom is -0.457 e. The van der Waals surface area contributed by atoms with Gasteiger partial charge in [-0.2, -0.15) is 0 Å². The third-order valence-corrected chi connectivity index (χ3v) is 5.73. The molecule has 0 unspecified atom stereocenters. The van der Waals surface area contributed by atoms with E-state index in [4.69, 9.17) is 9.15 Å². The first-order chi connectivity index (χ1) is 13.2. The third-order valence-electron chi connectivity index (χ3n) is 4.68. The molecule has 1 atom stereocenters. The predicted octanol–water partition coefficient (Wildman–Crippen LogP) is 4.00. The molecule has 6 heteroatoms. The minimum absolute atomic E-state index is 0.246. The maximum absolute atomic E-state index is 6.00. The highest BCUT2D eigenvalue weighted by Crippen LogP contribution is 2.31. The Morgan fingerprint density at radius 3 is 3.00 bits per heavy atom. The fourth-order valence-electron chi connectivity index (χ4n) is 3.51. The first kappa shape index (κ1) is 18.6. The van der Waals surface area contributed by atoms with Gasteiger partial charge in [0.25, 0.3) is 0 Å². The van der Waals surface area contributed by atoms with Crippen LogP contribution in [0, 0.1) is 5.92 Å². The second-order valence-corrected chi connectivity index (χ2v) is 8.56. The molecule has 144 valence electrons. The summed E-state index contributed by atoms with van der Waals surface area (Å²) < 4.78 is 13.1. The summed E-state index contributed by atoms with van der Waals surface area (Å²) in [6.45, 7) is 10.1. The Hall–Kier alpha value is -1.73. The Balaban J connectivity index is 1.29. The predicted molar refractivity (Wildman–Crippen MR) is 110 cm³/mol. The highest BCUT2D eigenvalue weighted by atomic mass is 32.1. The number of hydrogen-bond acceptors (Lipinski definition) is 6. The minimum atomic E-state index is 0.246. The zero-order valence-electron chi connectivity index (χ0n) is 16.0. The van der Waals surface area contributed by atoms with Gasteiger partial charge in [-0.1, -0.05) is 26.0 Å². The van der Waals surface area contributed by atoms with Gasteiger partial charge in [0.2, 0.25) is 0 Å². The maximum Gasteiger partial charge on any atom is 0.163 e. The van der Waals surface area contributed by atoms with Crippen LogP contribution in [0.3, 0.4) is 0 Å². The quantitative estimate of drug-likeness (QED) is 0.666. The third kappa shape index (κ3) is 4.76. The Kier molecular flexibility index (Phi) is 5.88. The number of nitrogens with one attached hydrogen (secondary N) is 1. The van der Waals surface area contributed by atoms with Crippen LogP contribution in [0.5, 0.6) is 0 Å². The van der Waals surface area contributed by atoms with Crippen molar-refractivity contribution in [1.29, 1.82) is 0 Å². The number of aromatic nitrogens is 1. The number of furan rings is 1. The molecular formula is C21H27N3O2S.